The minimum Gasteiger partial charge on any atom is -0.468 e. The highest BCUT2D eigenvalue weighted by atomic mass is 19.4. The van der Waals surface area contributed by atoms with Crippen LogP contribution < -0.4 is 14.8 Å². The summed E-state index contributed by atoms with van der Waals surface area (Å²) in [4.78, 5) is 8.08. The summed E-state index contributed by atoms with van der Waals surface area (Å²) in [5.74, 6) is 1.91. The number of nitrogens with zero attached hydrogens (tertiary/aromatic N) is 4. The average Bonchev–Trinajstić information content (AvgIpc) is 3.59. The second-order valence-electron chi connectivity index (χ2n) is 8.37. The summed E-state index contributed by atoms with van der Waals surface area (Å²) in [5, 5.41) is 7.88. The molecule has 3 aromatic heterocycles. The zero-order chi connectivity index (χ0) is 23.5. The van der Waals surface area contributed by atoms with E-state index in [1.165, 1.54) is 12.3 Å². The van der Waals surface area contributed by atoms with E-state index in [1.54, 1.807) is 24.4 Å². The van der Waals surface area contributed by atoms with Crippen LogP contribution in [0.25, 0.3) is 0 Å². The molecule has 8 nitrogen and oxygen atoms in total. The Labute approximate surface area is 194 Å². The lowest BCUT2D eigenvalue weighted by Gasteiger charge is -2.21. The topological polar surface area (TPSA) is 83.3 Å². The number of nitrogens with one attached hydrogen (secondary N) is 1. The molecule has 1 aliphatic carbocycles. The molecular weight excluding hydrogens is 451 g/mol. The fourth-order valence-corrected chi connectivity index (χ4v) is 3.79. The molecule has 0 bridgehead atoms. The maximum Gasteiger partial charge on any atom is 0.422 e. The van der Waals surface area contributed by atoms with Gasteiger partial charge in [0.05, 0.1) is 12.2 Å². The SMILES string of the molecule is FC(F)(F)COc1cc(Nc2cc(Oc3cn(C4CC4)nc3C3CCOCC3)ccn2)ccn1. The van der Waals surface area contributed by atoms with Crippen molar-refractivity contribution in [3.05, 3.63) is 48.5 Å². The van der Waals surface area contributed by atoms with Crippen LogP contribution in [0.3, 0.4) is 0 Å². The van der Waals surface area contributed by atoms with Crippen LogP contribution in [0.15, 0.2) is 42.9 Å². The first kappa shape index (κ1) is 22.5. The van der Waals surface area contributed by atoms with Crippen LogP contribution in [-0.4, -0.2) is 45.7 Å². The Kier molecular flexibility index (Phi) is 6.27. The Balaban J connectivity index is 1.30. The summed E-state index contributed by atoms with van der Waals surface area (Å²) in [7, 11) is 0. The lowest BCUT2D eigenvalue weighted by Crippen LogP contribution is -2.19. The van der Waals surface area contributed by atoms with Crippen LogP contribution in [0, 0.1) is 0 Å². The largest absolute Gasteiger partial charge is 0.468 e. The van der Waals surface area contributed by atoms with Gasteiger partial charge in [-0.05, 0) is 37.8 Å². The molecule has 0 amide bonds. The van der Waals surface area contributed by atoms with E-state index >= 15 is 0 Å². The van der Waals surface area contributed by atoms with Gasteiger partial charge in [-0.15, -0.1) is 0 Å². The number of anilines is 2. The Bertz CT molecular complexity index is 1130. The number of hydrogen-bond donors (Lipinski definition) is 1. The second-order valence-corrected chi connectivity index (χ2v) is 8.37. The van der Waals surface area contributed by atoms with Crippen LogP contribution in [0.5, 0.6) is 17.4 Å². The van der Waals surface area contributed by atoms with Gasteiger partial charge in [-0.25, -0.2) is 9.97 Å². The summed E-state index contributed by atoms with van der Waals surface area (Å²) < 4.78 is 55.7. The van der Waals surface area contributed by atoms with Gasteiger partial charge in [-0.1, -0.05) is 0 Å². The van der Waals surface area contributed by atoms with E-state index in [4.69, 9.17) is 19.3 Å². The predicted molar refractivity (Wildman–Crippen MR) is 117 cm³/mol. The molecule has 34 heavy (non-hydrogen) atoms. The molecule has 180 valence electrons. The van der Waals surface area contributed by atoms with Gasteiger partial charge in [0.2, 0.25) is 5.88 Å². The molecule has 0 aromatic carbocycles. The number of ether oxygens (including phenoxy) is 3. The summed E-state index contributed by atoms with van der Waals surface area (Å²) >= 11 is 0. The van der Waals surface area contributed by atoms with Crippen LogP contribution in [0.2, 0.25) is 0 Å². The van der Waals surface area contributed by atoms with Gasteiger partial charge in [-0.2, -0.15) is 18.3 Å². The monoisotopic (exact) mass is 475 g/mol. The number of rotatable bonds is 8. The summed E-state index contributed by atoms with van der Waals surface area (Å²) in [6.07, 6.45) is 4.54. The highest BCUT2D eigenvalue weighted by Gasteiger charge is 2.30. The third kappa shape index (κ3) is 5.77. The van der Waals surface area contributed by atoms with Crippen molar-refractivity contribution in [1.82, 2.24) is 19.7 Å². The summed E-state index contributed by atoms with van der Waals surface area (Å²) in [6, 6.07) is 6.89. The predicted octanol–water partition coefficient (Wildman–Crippen LogP) is 5.38. The minimum absolute atomic E-state index is 0.136. The van der Waals surface area contributed by atoms with E-state index in [0.717, 1.165) is 37.1 Å². The molecule has 2 aliphatic rings. The van der Waals surface area contributed by atoms with Gasteiger partial charge >= 0.3 is 6.18 Å². The van der Waals surface area contributed by atoms with Crippen molar-refractivity contribution in [1.29, 1.82) is 0 Å². The highest BCUT2D eigenvalue weighted by molar-refractivity contribution is 5.58. The van der Waals surface area contributed by atoms with Gasteiger partial charge in [0.15, 0.2) is 12.4 Å². The maximum atomic E-state index is 12.4. The van der Waals surface area contributed by atoms with Crippen LogP contribution in [-0.2, 0) is 4.74 Å². The Morgan fingerprint density at radius 3 is 2.62 bits per heavy atom. The van der Waals surface area contributed by atoms with Crippen LogP contribution in [0.1, 0.15) is 43.3 Å². The second kappa shape index (κ2) is 9.49. The normalized spacial score (nSPS) is 16.9. The molecule has 5 rings (SSSR count). The number of hydrogen-bond acceptors (Lipinski definition) is 7. The Morgan fingerprint density at radius 2 is 1.85 bits per heavy atom. The fraction of sp³-hybridized carbons (Fsp3) is 0.435. The molecule has 1 aliphatic heterocycles. The third-order valence-corrected chi connectivity index (χ3v) is 5.60. The van der Waals surface area contributed by atoms with Crippen molar-refractivity contribution in [2.75, 3.05) is 25.1 Å². The molecule has 3 aromatic rings. The molecule has 11 heteroatoms. The highest BCUT2D eigenvalue weighted by Crippen LogP contribution is 2.40. The molecule has 0 spiro atoms. The minimum atomic E-state index is -4.44. The van der Waals surface area contributed by atoms with Crippen molar-refractivity contribution in [3.8, 4) is 17.4 Å². The van der Waals surface area contributed by atoms with E-state index in [0.29, 0.717) is 36.5 Å². The van der Waals surface area contributed by atoms with Crippen molar-refractivity contribution in [2.24, 2.45) is 0 Å². The van der Waals surface area contributed by atoms with Crippen LogP contribution >= 0.6 is 0 Å². The average molecular weight is 475 g/mol. The Hall–Kier alpha value is -3.34. The molecule has 1 N–H and O–H groups in total. The van der Waals surface area contributed by atoms with Gasteiger partial charge in [0, 0.05) is 49.3 Å². The van der Waals surface area contributed by atoms with Crippen molar-refractivity contribution in [2.45, 2.75) is 43.8 Å². The molecule has 1 saturated carbocycles. The lowest BCUT2D eigenvalue weighted by atomic mass is 9.96. The van der Waals surface area contributed by atoms with Crippen molar-refractivity contribution < 1.29 is 27.4 Å². The van der Waals surface area contributed by atoms with E-state index in [9.17, 15) is 13.2 Å². The molecule has 1 saturated heterocycles. The number of aromatic nitrogens is 4. The first-order chi connectivity index (χ1) is 16.4. The zero-order valence-corrected chi connectivity index (χ0v) is 18.3. The molecule has 0 unspecified atom stereocenters. The van der Waals surface area contributed by atoms with Gasteiger partial charge in [0.1, 0.15) is 17.3 Å². The smallest absolute Gasteiger partial charge is 0.422 e. The third-order valence-electron chi connectivity index (χ3n) is 5.60. The molecule has 0 radical (unpaired) electrons. The first-order valence-electron chi connectivity index (χ1n) is 11.2. The van der Waals surface area contributed by atoms with Crippen LogP contribution in [0.4, 0.5) is 24.7 Å². The van der Waals surface area contributed by atoms with E-state index in [-0.39, 0.29) is 11.8 Å². The van der Waals surface area contributed by atoms with Gasteiger partial charge < -0.3 is 19.5 Å². The van der Waals surface area contributed by atoms with Gasteiger partial charge in [-0.3, -0.25) is 4.68 Å². The maximum absolute atomic E-state index is 12.4. The van der Waals surface area contributed by atoms with E-state index < -0.39 is 12.8 Å². The standard InChI is InChI=1S/C23H24F3N5O3/c24-23(25,26)14-33-21-11-16(3-7-28-21)29-20-12-18(4-8-27-20)34-19-13-31(17-1-2-17)30-22(19)15-5-9-32-10-6-15/h3-4,7-8,11-13,15,17H,1-2,5-6,9-10,14H2,(H,27,28,29). The van der Waals surface area contributed by atoms with Crippen molar-refractivity contribution in [3.63, 3.8) is 0 Å². The fourth-order valence-electron chi connectivity index (χ4n) is 3.79. The van der Waals surface area contributed by atoms with E-state index in [1.807, 2.05) is 10.9 Å². The summed E-state index contributed by atoms with van der Waals surface area (Å²) in [6.45, 7) is 0.0175. The van der Waals surface area contributed by atoms with Crippen molar-refractivity contribution >= 4 is 11.5 Å². The molecule has 2 fully saturated rings. The number of pyridine rings is 2. The first-order valence-corrected chi connectivity index (χ1v) is 11.2. The molecule has 0 atom stereocenters. The number of halogens is 3. The summed E-state index contributed by atoms with van der Waals surface area (Å²) in [5.41, 5.74) is 1.43. The molecule has 4 heterocycles. The molecular formula is C23H24F3N5O3. The lowest BCUT2D eigenvalue weighted by molar-refractivity contribution is -0.154. The van der Waals surface area contributed by atoms with E-state index in [2.05, 4.69) is 15.3 Å². The number of alkyl halides is 3. The Morgan fingerprint density at radius 1 is 1.06 bits per heavy atom. The van der Waals surface area contributed by atoms with Gasteiger partial charge in [0.25, 0.3) is 0 Å². The zero-order valence-electron chi connectivity index (χ0n) is 18.3. The quantitative estimate of drug-likeness (QED) is 0.468.